The molecule has 0 saturated carbocycles. The van der Waals surface area contributed by atoms with Crippen molar-refractivity contribution in [1.82, 2.24) is 4.90 Å². The van der Waals surface area contributed by atoms with Crippen LogP contribution < -0.4 is 0 Å². The van der Waals surface area contributed by atoms with Gasteiger partial charge in [0.05, 0.1) is 6.04 Å². The van der Waals surface area contributed by atoms with Crippen LogP contribution in [0.2, 0.25) is 0 Å². The van der Waals surface area contributed by atoms with Gasteiger partial charge in [-0.15, -0.1) is 0 Å². The normalized spacial score (nSPS) is 24.6. The third-order valence-corrected chi connectivity index (χ3v) is 3.31. The lowest BCUT2D eigenvalue weighted by molar-refractivity contribution is -0.120. The van der Waals surface area contributed by atoms with Crippen LogP contribution >= 0.6 is 0 Å². The van der Waals surface area contributed by atoms with Crippen molar-refractivity contribution >= 4 is 5.78 Å². The molecule has 1 unspecified atom stereocenters. The molecule has 0 aromatic carbocycles. The van der Waals surface area contributed by atoms with Gasteiger partial charge < -0.3 is 4.90 Å². The summed E-state index contributed by atoms with van der Waals surface area (Å²) in [5, 5.41) is 0. The molecule has 78 valence electrons. The summed E-state index contributed by atoms with van der Waals surface area (Å²) in [6.45, 7) is 3.33. The van der Waals surface area contributed by atoms with Gasteiger partial charge in [-0.1, -0.05) is 26.2 Å². The Morgan fingerprint density at radius 3 is 2.86 bits per heavy atom. The Labute approximate surface area is 86.0 Å². The second-order valence-corrected chi connectivity index (χ2v) is 4.35. The van der Waals surface area contributed by atoms with Crippen LogP contribution in [0.5, 0.6) is 0 Å². The Balaban J connectivity index is 1.75. The number of allylic oxidation sites excluding steroid dienone is 1. The molecule has 2 heteroatoms. The van der Waals surface area contributed by atoms with Crippen LogP contribution in [0, 0.1) is 0 Å². The van der Waals surface area contributed by atoms with Crippen molar-refractivity contribution in [3.05, 3.63) is 11.8 Å². The lowest BCUT2D eigenvalue weighted by Crippen LogP contribution is -2.46. The molecule has 1 saturated heterocycles. The van der Waals surface area contributed by atoms with Gasteiger partial charge in [0.1, 0.15) is 0 Å². The minimum Gasteiger partial charge on any atom is -0.364 e. The Morgan fingerprint density at radius 1 is 1.43 bits per heavy atom. The second-order valence-electron chi connectivity index (χ2n) is 4.35. The quantitative estimate of drug-likeness (QED) is 0.625. The highest BCUT2D eigenvalue weighted by Gasteiger charge is 2.38. The summed E-state index contributed by atoms with van der Waals surface area (Å²) in [4.78, 5) is 13.7. The van der Waals surface area contributed by atoms with Gasteiger partial charge in [0.15, 0.2) is 5.78 Å². The van der Waals surface area contributed by atoms with Crippen molar-refractivity contribution in [2.24, 2.45) is 0 Å². The summed E-state index contributed by atoms with van der Waals surface area (Å²) in [6, 6.07) is 0.246. The van der Waals surface area contributed by atoms with E-state index in [4.69, 9.17) is 0 Å². The fourth-order valence-corrected chi connectivity index (χ4v) is 2.32. The summed E-state index contributed by atoms with van der Waals surface area (Å²) in [7, 11) is 0. The molecule has 1 atom stereocenters. The van der Waals surface area contributed by atoms with E-state index in [0.717, 1.165) is 19.4 Å². The van der Waals surface area contributed by atoms with E-state index in [0.29, 0.717) is 5.78 Å². The highest BCUT2D eigenvalue weighted by atomic mass is 16.1. The van der Waals surface area contributed by atoms with E-state index in [9.17, 15) is 4.79 Å². The van der Waals surface area contributed by atoms with Gasteiger partial charge in [-0.2, -0.15) is 0 Å². The first kappa shape index (κ1) is 9.75. The van der Waals surface area contributed by atoms with Gasteiger partial charge in [0.2, 0.25) is 0 Å². The highest BCUT2D eigenvalue weighted by molar-refractivity contribution is 5.98. The largest absolute Gasteiger partial charge is 0.364 e. The second kappa shape index (κ2) is 4.16. The first-order valence-electron chi connectivity index (χ1n) is 5.84. The number of carbonyl (C=O) groups is 1. The number of hydrogen-bond acceptors (Lipinski definition) is 2. The molecule has 0 radical (unpaired) electrons. The van der Waals surface area contributed by atoms with Crippen molar-refractivity contribution in [3.63, 3.8) is 0 Å². The Kier molecular flexibility index (Phi) is 2.90. The monoisotopic (exact) mass is 193 g/mol. The zero-order valence-corrected chi connectivity index (χ0v) is 8.96. The number of nitrogens with zero attached hydrogens (tertiary/aromatic N) is 1. The van der Waals surface area contributed by atoms with Gasteiger partial charge >= 0.3 is 0 Å². The van der Waals surface area contributed by atoms with E-state index in [1.165, 1.54) is 31.4 Å². The molecule has 0 aromatic heterocycles. The molecular formula is C12H19NO. The fraction of sp³-hybridized carbons (Fsp3) is 0.750. The standard InChI is InChI=1S/C12H19NO/c1-2-3-4-5-6-10-9-12(14)11-7-8-13(10)11/h9,11H,2-8H2,1H3. The van der Waals surface area contributed by atoms with Crippen LogP contribution in [0.4, 0.5) is 0 Å². The van der Waals surface area contributed by atoms with Gasteiger partial charge in [0, 0.05) is 18.3 Å². The first-order valence-corrected chi connectivity index (χ1v) is 5.84. The van der Waals surface area contributed by atoms with Gasteiger partial charge in [-0.3, -0.25) is 4.79 Å². The van der Waals surface area contributed by atoms with Crippen molar-refractivity contribution in [1.29, 1.82) is 0 Å². The lowest BCUT2D eigenvalue weighted by Gasteiger charge is -2.38. The van der Waals surface area contributed by atoms with Crippen LogP contribution in [0.3, 0.4) is 0 Å². The van der Waals surface area contributed by atoms with Crippen LogP contribution in [0.25, 0.3) is 0 Å². The van der Waals surface area contributed by atoms with Crippen molar-refractivity contribution in [2.75, 3.05) is 6.54 Å². The maximum Gasteiger partial charge on any atom is 0.179 e. The molecule has 0 aromatic rings. The molecule has 2 heterocycles. The fourth-order valence-electron chi connectivity index (χ4n) is 2.32. The predicted molar refractivity (Wildman–Crippen MR) is 57.0 cm³/mol. The Morgan fingerprint density at radius 2 is 2.29 bits per heavy atom. The van der Waals surface area contributed by atoms with E-state index in [1.54, 1.807) is 0 Å². The maximum atomic E-state index is 11.4. The zero-order chi connectivity index (χ0) is 9.97. The average molecular weight is 193 g/mol. The van der Waals surface area contributed by atoms with Gasteiger partial charge in [0.25, 0.3) is 0 Å². The average Bonchev–Trinajstić information content (AvgIpc) is 2.29. The molecule has 2 rings (SSSR count). The number of rotatable bonds is 5. The van der Waals surface area contributed by atoms with Crippen LogP contribution in [0.1, 0.15) is 45.4 Å². The molecule has 0 bridgehead atoms. The summed E-state index contributed by atoms with van der Waals surface area (Å²) >= 11 is 0. The molecule has 0 aliphatic carbocycles. The van der Waals surface area contributed by atoms with Crippen LogP contribution in [0.15, 0.2) is 11.8 Å². The van der Waals surface area contributed by atoms with Gasteiger partial charge in [-0.25, -0.2) is 0 Å². The summed E-state index contributed by atoms with van der Waals surface area (Å²) in [5.41, 5.74) is 1.31. The molecule has 1 fully saturated rings. The van der Waals surface area contributed by atoms with Crippen LogP contribution in [-0.4, -0.2) is 23.3 Å². The van der Waals surface area contributed by atoms with E-state index in [2.05, 4.69) is 11.8 Å². The molecule has 2 aliphatic rings. The molecule has 2 aliphatic heterocycles. The number of carbonyl (C=O) groups excluding carboxylic acids is 1. The smallest absolute Gasteiger partial charge is 0.179 e. The van der Waals surface area contributed by atoms with E-state index in [1.807, 2.05) is 6.08 Å². The summed E-state index contributed by atoms with van der Waals surface area (Å²) in [5.74, 6) is 0.349. The minimum atomic E-state index is 0.246. The lowest BCUT2D eigenvalue weighted by atomic mass is 10.0. The van der Waals surface area contributed by atoms with E-state index in [-0.39, 0.29) is 6.04 Å². The van der Waals surface area contributed by atoms with E-state index >= 15 is 0 Å². The first-order chi connectivity index (χ1) is 6.83. The van der Waals surface area contributed by atoms with Crippen LogP contribution in [-0.2, 0) is 4.79 Å². The number of hydrogen-bond donors (Lipinski definition) is 0. The van der Waals surface area contributed by atoms with Crippen molar-refractivity contribution < 1.29 is 4.79 Å². The number of ketones is 1. The maximum absolute atomic E-state index is 11.4. The molecular weight excluding hydrogens is 174 g/mol. The molecule has 2 nitrogen and oxygen atoms in total. The van der Waals surface area contributed by atoms with E-state index < -0.39 is 0 Å². The molecule has 0 N–H and O–H groups in total. The third kappa shape index (κ3) is 1.70. The molecule has 0 amide bonds. The zero-order valence-electron chi connectivity index (χ0n) is 8.96. The highest BCUT2D eigenvalue weighted by Crippen LogP contribution is 2.32. The molecule has 0 spiro atoms. The number of fused-ring (bicyclic) bond motifs is 1. The topological polar surface area (TPSA) is 20.3 Å². The van der Waals surface area contributed by atoms with Crippen molar-refractivity contribution in [3.8, 4) is 0 Å². The van der Waals surface area contributed by atoms with Crippen molar-refractivity contribution in [2.45, 2.75) is 51.5 Å². The minimum absolute atomic E-state index is 0.246. The van der Waals surface area contributed by atoms with Gasteiger partial charge in [-0.05, 0) is 19.3 Å². The molecule has 14 heavy (non-hydrogen) atoms. The predicted octanol–water partition coefficient (Wildman–Crippen LogP) is 2.50. The Hall–Kier alpha value is -0.790. The summed E-state index contributed by atoms with van der Waals surface area (Å²) < 4.78 is 0. The third-order valence-electron chi connectivity index (χ3n) is 3.31. The Bertz CT molecular complexity index is 257. The number of unbranched alkanes of at least 4 members (excludes halogenated alkanes) is 3. The SMILES string of the molecule is CCCCCCC1=CC(=O)C2CCN12. The summed E-state index contributed by atoms with van der Waals surface area (Å²) in [6.07, 6.45) is 9.23.